The fourth-order valence-electron chi connectivity index (χ4n) is 4.66. The third kappa shape index (κ3) is 4.02. The number of fused-ring (bicyclic) bond motifs is 3. The third-order valence-electron chi connectivity index (χ3n) is 6.16. The van der Waals surface area contributed by atoms with Crippen LogP contribution < -0.4 is 10.1 Å². The van der Waals surface area contributed by atoms with E-state index in [1.54, 1.807) is 12.3 Å². The predicted molar refractivity (Wildman–Crippen MR) is 132 cm³/mol. The molecule has 3 aromatic rings. The fourth-order valence-corrected chi connectivity index (χ4v) is 4.84. The minimum atomic E-state index is 0.200. The Kier molecular flexibility index (Phi) is 5.71. The Morgan fingerprint density at radius 3 is 2.81 bits per heavy atom. The van der Waals surface area contributed by atoms with Gasteiger partial charge >= 0.3 is 0 Å². The van der Waals surface area contributed by atoms with Crippen molar-refractivity contribution in [3.8, 4) is 18.1 Å². The summed E-state index contributed by atoms with van der Waals surface area (Å²) in [6.07, 6.45) is 12.8. The average molecular weight is 439 g/mol. The SMILES string of the molecule is C#CCOc1ccc(Cl)cc1C=Nc1ccc([C@@H]2Nc3ccccc3[C@@H]3C=CC[C@@H]32)cc1. The van der Waals surface area contributed by atoms with Gasteiger partial charge in [0.2, 0.25) is 0 Å². The molecule has 2 aliphatic rings. The number of anilines is 1. The predicted octanol–water partition coefficient (Wildman–Crippen LogP) is 6.93. The summed E-state index contributed by atoms with van der Waals surface area (Å²) in [7, 11) is 0. The molecule has 5 rings (SSSR count). The van der Waals surface area contributed by atoms with Crippen molar-refractivity contribution in [3.05, 3.63) is 101 Å². The van der Waals surface area contributed by atoms with E-state index in [4.69, 9.17) is 22.8 Å². The van der Waals surface area contributed by atoms with Crippen LogP contribution in [-0.2, 0) is 0 Å². The molecule has 0 spiro atoms. The Hall–Kier alpha value is -3.48. The second-order valence-electron chi connectivity index (χ2n) is 8.09. The zero-order valence-corrected chi connectivity index (χ0v) is 18.3. The van der Waals surface area contributed by atoms with E-state index < -0.39 is 0 Å². The number of ether oxygens (including phenoxy) is 1. The summed E-state index contributed by atoms with van der Waals surface area (Å²) in [5.74, 6) is 4.15. The topological polar surface area (TPSA) is 33.6 Å². The van der Waals surface area contributed by atoms with E-state index in [9.17, 15) is 0 Å². The van der Waals surface area contributed by atoms with Crippen molar-refractivity contribution in [1.29, 1.82) is 0 Å². The Balaban J connectivity index is 1.37. The maximum absolute atomic E-state index is 6.15. The van der Waals surface area contributed by atoms with Gasteiger partial charge in [0.05, 0.1) is 11.7 Å². The molecule has 1 heterocycles. The van der Waals surface area contributed by atoms with Crippen molar-refractivity contribution in [2.45, 2.75) is 18.4 Å². The summed E-state index contributed by atoms with van der Waals surface area (Å²) in [6.45, 7) is 0.200. The summed E-state index contributed by atoms with van der Waals surface area (Å²) in [5.41, 5.74) is 5.56. The molecule has 0 unspecified atom stereocenters. The molecule has 3 atom stereocenters. The van der Waals surface area contributed by atoms with Gasteiger partial charge in [-0.05, 0) is 59.9 Å². The number of rotatable bonds is 5. The van der Waals surface area contributed by atoms with Gasteiger partial charge in [0.15, 0.2) is 0 Å². The van der Waals surface area contributed by atoms with Crippen LogP contribution in [0.5, 0.6) is 5.75 Å². The Bertz CT molecular complexity index is 1220. The monoisotopic (exact) mass is 438 g/mol. The number of hydrogen-bond donors (Lipinski definition) is 1. The van der Waals surface area contributed by atoms with Crippen molar-refractivity contribution in [1.82, 2.24) is 0 Å². The van der Waals surface area contributed by atoms with Gasteiger partial charge in [-0.1, -0.05) is 60.0 Å². The van der Waals surface area contributed by atoms with Crippen LogP contribution in [0.15, 0.2) is 83.9 Å². The van der Waals surface area contributed by atoms with Crippen LogP contribution in [0.2, 0.25) is 5.02 Å². The number of halogens is 1. The number of allylic oxidation sites excluding steroid dienone is 2. The first-order valence-electron chi connectivity index (χ1n) is 10.7. The average Bonchev–Trinajstić information content (AvgIpc) is 3.32. The molecule has 0 saturated carbocycles. The zero-order valence-electron chi connectivity index (χ0n) is 17.5. The van der Waals surface area contributed by atoms with Gasteiger partial charge in [0.25, 0.3) is 0 Å². The van der Waals surface area contributed by atoms with Gasteiger partial charge < -0.3 is 10.1 Å². The molecule has 1 aliphatic heterocycles. The van der Waals surface area contributed by atoms with E-state index in [1.807, 2.05) is 12.1 Å². The molecule has 3 nitrogen and oxygen atoms in total. The van der Waals surface area contributed by atoms with E-state index in [0.29, 0.717) is 22.6 Å². The molecular formula is C28H23ClN2O. The number of hydrogen-bond acceptors (Lipinski definition) is 3. The number of para-hydroxylation sites is 1. The second-order valence-corrected chi connectivity index (χ2v) is 8.52. The first-order valence-corrected chi connectivity index (χ1v) is 11.1. The van der Waals surface area contributed by atoms with Gasteiger partial charge in [-0.3, -0.25) is 4.99 Å². The van der Waals surface area contributed by atoms with Gasteiger partial charge in [0, 0.05) is 28.4 Å². The highest BCUT2D eigenvalue weighted by Crippen LogP contribution is 2.49. The van der Waals surface area contributed by atoms with Gasteiger partial charge in [-0.2, -0.15) is 0 Å². The molecule has 0 amide bonds. The smallest absolute Gasteiger partial charge is 0.148 e. The number of nitrogens with one attached hydrogen (secondary N) is 1. The summed E-state index contributed by atoms with van der Waals surface area (Å²) >= 11 is 6.15. The van der Waals surface area contributed by atoms with E-state index >= 15 is 0 Å². The number of aliphatic imine (C=N–C) groups is 1. The van der Waals surface area contributed by atoms with Crippen molar-refractivity contribution in [2.75, 3.05) is 11.9 Å². The lowest BCUT2D eigenvalue weighted by atomic mass is 9.77. The summed E-state index contributed by atoms with van der Waals surface area (Å²) < 4.78 is 5.60. The minimum absolute atomic E-state index is 0.200. The lowest BCUT2D eigenvalue weighted by Crippen LogP contribution is -2.28. The molecule has 158 valence electrons. The molecule has 32 heavy (non-hydrogen) atoms. The van der Waals surface area contributed by atoms with Gasteiger partial charge in [-0.15, -0.1) is 6.42 Å². The maximum atomic E-state index is 6.15. The number of terminal acetylenes is 1. The van der Waals surface area contributed by atoms with Crippen molar-refractivity contribution >= 4 is 29.2 Å². The molecule has 0 bridgehead atoms. The Morgan fingerprint density at radius 1 is 1.12 bits per heavy atom. The summed E-state index contributed by atoms with van der Waals surface area (Å²) in [6, 6.07) is 22.8. The van der Waals surface area contributed by atoms with Crippen LogP contribution in [-0.4, -0.2) is 12.8 Å². The molecule has 4 heteroatoms. The minimum Gasteiger partial charge on any atom is -0.480 e. The molecule has 1 N–H and O–H groups in total. The largest absolute Gasteiger partial charge is 0.480 e. The molecule has 3 aromatic carbocycles. The van der Waals surface area contributed by atoms with E-state index in [-0.39, 0.29) is 12.6 Å². The Labute approximate surface area is 193 Å². The van der Waals surface area contributed by atoms with Gasteiger partial charge in [-0.25, -0.2) is 0 Å². The fraction of sp³-hybridized carbons (Fsp3) is 0.179. The highest BCUT2D eigenvalue weighted by atomic mass is 35.5. The molecule has 0 fully saturated rings. The summed E-state index contributed by atoms with van der Waals surface area (Å²) in [4.78, 5) is 4.63. The lowest BCUT2D eigenvalue weighted by molar-refractivity contribution is 0.370. The maximum Gasteiger partial charge on any atom is 0.148 e. The normalized spacial score (nSPS) is 20.9. The second kappa shape index (κ2) is 8.94. The first kappa shape index (κ1) is 20.4. The number of benzene rings is 3. The zero-order chi connectivity index (χ0) is 21.9. The molecule has 0 radical (unpaired) electrons. The van der Waals surface area contributed by atoms with E-state index in [1.165, 1.54) is 16.8 Å². The van der Waals surface area contributed by atoms with Crippen molar-refractivity contribution in [3.63, 3.8) is 0 Å². The highest BCUT2D eigenvalue weighted by Gasteiger charge is 2.37. The van der Waals surface area contributed by atoms with Crippen LogP contribution in [0, 0.1) is 18.3 Å². The van der Waals surface area contributed by atoms with Crippen molar-refractivity contribution < 1.29 is 4.74 Å². The first-order chi connectivity index (χ1) is 15.7. The van der Waals surface area contributed by atoms with E-state index in [2.05, 4.69) is 76.9 Å². The number of nitrogens with zero attached hydrogens (tertiary/aromatic N) is 1. The molecule has 0 saturated heterocycles. The summed E-state index contributed by atoms with van der Waals surface area (Å²) in [5, 5.41) is 4.39. The van der Waals surface area contributed by atoms with Crippen LogP contribution in [0.25, 0.3) is 0 Å². The third-order valence-corrected chi connectivity index (χ3v) is 6.39. The lowest BCUT2D eigenvalue weighted by Gasteiger charge is -2.37. The standard InChI is InChI=1S/C28H23ClN2O/c1-2-16-32-27-15-12-21(29)17-20(27)18-30-22-13-10-19(11-14-22)28-25-8-5-7-23(25)24-6-3-4-9-26(24)31-28/h1,3-7,9-15,17-18,23,25,28,31H,8,16H2/t23-,25-,28-/m0/s1. The quantitative estimate of drug-likeness (QED) is 0.266. The van der Waals surface area contributed by atoms with Crippen LogP contribution in [0.1, 0.15) is 35.1 Å². The Morgan fingerprint density at radius 2 is 1.97 bits per heavy atom. The highest BCUT2D eigenvalue weighted by molar-refractivity contribution is 6.30. The van der Waals surface area contributed by atoms with Crippen molar-refractivity contribution in [2.24, 2.45) is 10.9 Å². The molecule has 0 aromatic heterocycles. The molecule has 1 aliphatic carbocycles. The van der Waals surface area contributed by atoms with E-state index in [0.717, 1.165) is 17.7 Å². The van der Waals surface area contributed by atoms with Gasteiger partial charge in [0.1, 0.15) is 12.4 Å². The van der Waals surface area contributed by atoms with Crippen LogP contribution in [0.3, 0.4) is 0 Å². The van der Waals surface area contributed by atoms with Crippen LogP contribution in [0.4, 0.5) is 11.4 Å². The van der Waals surface area contributed by atoms with Crippen LogP contribution >= 0.6 is 11.6 Å². The molecular weight excluding hydrogens is 416 g/mol.